The summed E-state index contributed by atoms with van der Waals surface area (Å²) < 4.78 is 3.29. The number of benzene rings is 2. The molecule has 3 heteroatoms. The van der Waals surface area contributed by atoms with Crippen molar-refractivity contribution in [1.29, 1.82) is 0 Å². The Morgan fingerprint density at radius 1 is 1.00 bits per heavy atom. The van der Waals surface area contributed by atoms with Gasteiger partial charge in [-0.2, -0.15) is 0 Å². The second-order valence-corrected chi connectivity index (χ2v) is 8.32. The van der Waals surface area contributed by atoms with Crippen LogP contribution in [0.4, 0.5) is 0 Å². The highest BCUT2D eigenvalue weighted by Gasteiger charge is 2.14. The van der Waals surface area contributed by atoms with Gasteiger partial charge in [0.2, 0.25) is 0 Å². The first-order valence-electron chi connectivity index (χ1n) is 7.89. The molecule has 0 amide bonds. The molecule has 0 atom stereocenters. The molecule has 4 aromatic rings. The van der Waals surface area contributed by atoms with Crippen LogP contribution in [0, 0.1) is 5.41 Å². The average molecular weight is 367 g/mol. The van der Waals surface area contributed by atoms with Crippen molar-refractivity contribution in [3.63, 3.8) is 0 Å². The van der Waals surface area contributed by atoms with Crippen LogP contribution in [-0.2, 0) is 6.42 Å². The van der Waals surface area contributed by atoms with E-state index in [2.05, 4.69) is 82.5 Å². The number of nitrogens with zero attached hydrogens (tertiary/aromatic N) is 2. The zero-order valence-electron chi connectivity index (χ0n) is 13.6. The van der Waals surface area contributed by atoms with E-state index >= 15 is 0 Å². The van der Waals surface area contributed by atoms with E-state index in [-0.39, 0.29) is 5.41 Å². The summed E-state index contributed by atoms with van der Waals surface area (Å²) in [6.07, 6.45) is 4.99. The highest BCUT2D eigenvalue weighted by molar-refractivity contribution is 9.10. The summed E-state index contributed by atoms with van der Waals surface area (Å²) in [5, 5.41) is 3.73. The Balaban J connectivity index is 2.12. The van der Waals surface area contributed by atoms with Crippen molar-refractivity contribution in [2.45, 2.75) is 27.2 Å². The van der Waals surface area contributed by atoms with Gasteiger partial charge in [-0.15, -0.1) is 0 Å². The fourth-order valence-electron chi connectivity index (χ4n) is 3.36. The minimum Gasteiger partial charge on any atom is -0.299 e. The molecular weight excluding hydrogens is 348 g/mol. The van der Waals surface area contributed by atoms with Crippen molar-refractivity contribution in [2.75, 3.05) is 0 Å². The van der Waals surface area contributed by atoms with E-state index < -0.39 is 0 Å². The molecule has 0 spiro atoms. The Kier molecular flexibility index (Phi) is 3.24. The number of hydrogen-bond donors (Lipinski definition) is 0. The van der Waals surface area contributed by atoms with Crippen LogP contribution in [0.3, 0.4) is 0 Å². The predicted octanol–water partition coefficient (Wildman–Crippen LogP) is 5.99. The van der Waals surface area contributed by atoms with Gasteiger partial charge in [0, 0.05) is 27.6 Å². The molecule has 2 heterocycles. The zero-order chi connectivity index (χ0) is 16.2. The largest absolute Gasteiger partial charge is 0.299 e. The molecule has 0 radical (unpaired) electrons. The molecule has 0 unspecified atom stereocenters. The lowest BCUT2D eigenvalue weighted by Gasteiger charge is -2.19. The van der Waals surface area contributed by atoms with E-state index in [1.54, 1.807) is 0 Å². The molecular formula is C20H19BrN2. The molecule has 0 aliphatic carbocycles. The molecule has 0 aliphatic rings. The predicted molar refractivity (Wildman–Crippen MR) is 101 cm³/mol. The van der Waals surface area contributed by atoms with E-state index in [0.29, 0.717) is 0 Å². The minimum absolute atomic E-state index is 0.281. The summed E-state index contributed by atoms with van der Waals surface area (Å²) in [5.41, 5.74) is 3.89. The normalized spacial score (nSPS) is 12.5. The van der Waals surface area contributed by atoms with Crippen LogP contribution >= 0.6 is 15.9 Å². The molecule has 0 fully saturated rings. The van der Waals surface area contributed by atoms with Gasteiger partial charge in [-0.1, -0.05) is 42.8 Å². The van der Waals surface area contributed by atoms with Gasteiger partial charge in [0.15, 0.2) is 0 Å². The van der Waals surface area contributed by atoms with Gasteiger partial charge >= 0.3 is 0 Å². The Morgan fingerprint density at radius 3 is 2.61 bits per heavy atom. The van der Waals surface area contributed by atoms with E-state index in [0.717, 1.165) is 16.5 Å². The lowest BCUT2D eigenvalue weighted by molar-refractivity contribution is 0.411. The first-order valence-corrected chi connectivity index (χ1v) is 8.69. The molecule has 2 nitrogen and oxygen atoms in total. The van der Waals surface area contributed by atoms with Crippen molar-refractivity contribution in [1.82, 2.24) is 9.38 Å². The minimum atomic E-state index is 0.281. The Morgan fingerprint density at radius 2 is 1.83 bits per heavy atom. The highest BCUT2D eigenvalue weighted by Crippen LogP contribution is 2.32. The molecule has 0 bridgehead atoms. The average Bonchev–Trinajstić information content (AvgIpc) is 2.95. The maximum atomic E-state index is 4.56. The lowest BCUT2D eigenvalue weighted by atomic mass is 9.87. The number of halogens is 1. The smallest absolute Gasteiger partial charge is 0.145 e. The molecule has 2 aromatic carbocycles. The monoisotopic (exact) mass is 366 g/mol. The van der Waals surface area contributed by atoms with E-state index in [9.17, 15) is 0 Å². The van der Waals surface area contributed by atoms with E-state index in [1.807, 2.05) is 12.4 Å². The third-order valence-corrected chi connectivity index (χ3v) is 4.70. The molecule has 0 saturated heterocycles. The maximum absolute atomic E-state index is 4.56. The number of hydrogen-bond acceptors (Lipinski definition) is 1. The van der Waals surface area contributed by atoms with Gasteiger partial charge in [0.1, 0.15) is 5.65 Å². The molecule has 0 aliphatic heterocycles. The Bertz CT molecular complexity index is 1040. The Hall–Kier alpha value is -1.87. The zero-order valence-corrected chi connectivity index (χ0v) is 15.2. The summed E-state index contributed by atoms with van der Waals surface area (Å²) >= 11 is 3.61. The van der Waals surface area contributed by atoms with Crippen molar-refractivity contribution >= 4 is 43.3 Å². The summed E-state index contributed by atoms with van der Waals surface area (Å²) in [5.74, 6) is 0. The van der Waals surface area contributed by atoms with Gasteiger partial charge in [0.25, 0.3) is 0 Å². The van der Waals surface area contributed by atoms with Crippen molar-refractivity contribution in [2.24, 2.45) is 5.41 Å². The van der Waals surface area contributed by atoms with E-state index in [1.165, 1.54) is 27.2 Å². The van der Waals surface area contributed by atoms with Crippen LogP contribution in [-0.4, -0.2) is 9.38 Å². The molecule has 4 rings (SSSR count). The fraction of sp³-hybridized carbons (Fsp3) is 0.250. The molecule has 0 N–H and O–H groups in total. The second-order valence-electron chi connectivity index (χ2n) is 7.40. The summed E-state index contributed by atoms with van der Waals surface area (Å²) in [4.78, 5) is 4.56. The van der Waals surface area contributed by atoms with Crippen LogP contribution in [0.25, 0.3) is 27.3 Å². The highest BCUT2D eigenvalue weighted by atomic mass is 79.9. The van der Waals surface area contributed by atoms with Crippen molar-refractivity contribution < 1.29 is 0 Å². The van der Waals surface area contributed by atoms with Crippen LogP contribution in [0.1, 0.15) is 26.3 Å². The molecule has 23 heavy (non-hydrogen) atoms. The number of rotatable bonds is 1. The molecule has 0 saturated carbocycles. The third kappa shape index (κ3) is 2.53. The van der Waals surface area contributed by atoms with Crippen molar-refractivity contribution in [3.05, 3.63) is 58.8 Å². The summed E-state index contributed by atoms with van der Waals surface area (Å²) in [7, 11) is 0. The van der Waals surface area contributed by atoms with Crippen molar-refractivity contribution in [3.8, 4) is 0 Å². The van der Waals surface area contributed by atoms with Gasteiger partial charge in [-0.25, -0.2) is 4.98 Å². The van der Waals surface area contributed by atoms with Crippen LogP contribution in [0.2, 0.25) is 0 Å². The van der Waals surface area contributed by atoms with Crippen LogP contribution < -0.4 is 0 Å². The van der Waals surface area contributed by atoms with Gasteiger partial charge in [-0.05, 0) is 53.1 Å². The molecule has 2 aromatic heterocycles. The number of pyridine rings is 1. The second kappa shape index (κ2) is 5.07. The third-order valence-electron chi connectivity index (χ3n) is 4.21. The summed E-state index contributed by atoms with van der Waals surface area (Å²) in [6.45, 7) is 6.85. The lowest BCUT2D eigenvalue weighted by Crippen LogP contribution is -2.09. The van der Waals surface area contributed by atoms with Gasteiger partial charge in [0.05, 0.1) is 5.52 Å². The van der Waals surface area contributed by atoms with E-state index in [4.69, 9.17) is 0 Å². The number of fused-ring (bicyclic) bond motifs is 6. The van der Waals surface area contributed by atoms with Crippen LogP contribution in [0.15, 0.2) is 53.3 Å². The van der Waals surface area contributed by atoms with Gasteiger partial charge in [-0.3, -0.25) is 4.40 Å². The quantitative estimate of drug-likeness (QED) is 0.378. The fourth-order valence-corrected chi connectivity index (χ4v) is 3.72. The number of aromatic nitrogens is 2. The first kappa shape index (κ1) is 14.7. The first-order chi connectivity index (χ1) is 10.9. The van der Waals surface area contributed by atoms with Gasteiger partial charge < -0.3 is 0 Å². The topological polar surface area (TPSA) is 17.3 Å². The Labute approximate surface area is 144 Å². The molecule has 116 valence electrons. The number of imidazole rings is 1. The van der Waals surface area contributed by atoms with Crippen LogP contribution in [0.5, 0.6) is 0 Å². The maximum Gasteiger partial charge on any atom is 0.145 e. The summed E-state index contributed by atoms with van der Waals surface area (Å²) in [6, 6.07) is 13.3. The standard InChI is InChI=1S/C20H19BrN2/c1-20(2,3)12-13-4-7-18-17(10-13)16-11-14(21)5-6-15(16)19-22-8-9-23(18)19/h4-11H,12H2,1-3H3. The SMILES string of the molecule is CC(C)(C)Cc1ccc2c(c1)c1cc(Br)ccc1c1nccn21.